The first-order valence-corrected chi connectivity index (χ1v) is 8.22. The van der Waals surface area contributed by atoms with Crippen LogP contribution in [0.2, 0.25) is 0 Å². The fourth-order valence-electron chi connectivity index (χ4n) is 3.27. The lowest BCUT2D eigenvalue weighted by Crippen LogP contribution is -2.38. The predicted octanol–water partition coefficient (Wildman–Crippen LogP) is 4.85. The highest BCUT2D eigenvalue weighted by atomic mass is 15.1. The lowest BCUT2D eigenvalue weighted by molar-refractivity contribution is 0.119. The van der Waals surface area contributed by atoms with Gasteiger partial charge in [-0.05, 0) is 41.3 Å². The molecule has 1 nitrogen and oxygen atoms in total. The van der Waals surface area contributed by atoms with Crippen LogP contribution in [0.4, 0.5) is 0 Å². The zero-order valence-corrected chi connectivity index (χ0v) is 13.9. The molecule has 1 aliphatic heterocycles. The van der Waals surface area contributed by atoms with Gasteiger partial charge < -0.3 is 0 Å². The molecule has 1 aromatic rings. The lowest BCUT2D eigenvalue weighted by atomic mass is 9.85. The number of likely N-dealkylation sites (tertiary alicyclic amines) is 1. The molecule has 1 heteroatoms. The van der Waals surface area contributed by atoms with E-state index in [4.69, 9.17) is 0 Å². The van der Waals surface area contributed by atoms with Crippen LogP contribution in [0, 0.1) is 11.8 Å². The van der Waals surface area contributed by atoms with Crippen molar-refractivity contribution in [3.8, 4) is 0 Å². The van der Waals surface area contributed by atoms with E-state index in [0.29, 0.717) is 0 Å². The van der Waals surface area contributed by atoms with Crippen molar-refractivity contribution in [2.24, 2.45) is 11.8 Å². The van der Waals surface area contributed by atoms with Gasteiger partial charge in [0.2, 0.25) is 0 Å². The van der Waals surface area contributed by atoms with E-state index in [1.54, 1.807) is 0 Å². The number of hydrogen-bond acceptors (Lipinski definition) is 1. The van der Waals surface area contributed by atoms with E-state index in [1.165, 1.54) is 37.1 Å². The van der Waals surface area contributed by atoms with Gasteiger partial charge in [-0.25, -0.2) is 0 Å². The topological polar surface area (TPSA) is 3.24 Å². The second-order valence-corrected chi connectivity index (χ2v) is 7.62. The Hall–Kier alpha value is -0.820. The van der Waals surface area contributed by atoms with Crippen LogP contribution in [0.25, 0.3) is 0 Å². The molecule has 1 aromatic carbocycles. The minimum atomic E-state index is 0.256. The molecule has 0 saturated carbocycles. The molecule has 1 saturated heterocycles. The van der Waals surface area contributed by atoms with Crippen molar-refractivity contribution in [1.29, 1.82) is 0 Å². The molecule has 20 heavy (non-hydrogen) atoms. The van der Waals surface area contributed by atoms with Crippen molar-refractivity contribution < 1.29 is 0 Å². The quantitative estimate of drug-likeness (QED) is 0.761. The molecular formula is C19H31N. The molecule has 1 fully saturated rings. The summed E-state index contributed by atoms with van der Waals surface area (Å²) in [4.78, 5) is 2.64. The Balaban J connectivity index is 1.97. The van der Waals surface area contributed by atoms with E-state index in [2.05, 4.69) is 63.8 Å². The van der Waals surface area contributed by atoms with Crippen LogP contribution in [0.1, 0.15) is 58.6 Å². The molecule has 0 aliphatic carbocycles. The van der Waals surface area contributed by atoms with Crippen molar-refractivity contribution in [1.82, 2.24) is 4.90 Å². The molecule has 2 rings (SSSR count). The molecule has 0 bridgehead atoms. The van der Waals surface area contributed by atoms with Crippen molar-refractivity contribution in [2.45, 2.75) is 59.4 Å². The van der Waals surface area contributed by atoms with Gasteiger partial charge >= 0.3 is 0 Å². The van der Waals surface area contributed by atoms with Gasteiger partial charge in [-0.15, -0.1) is 0 Å². The normalized spacial score (nSPS) is 24.9. The Morgan fingerprint density at radius 3 is 2.35 bits per heavy atom. The summed E-state index contributed by atoms with van der Waals surface area (Å²) < 4.78 is 0. The SMILES string of the molecule is CC[C@H]1CN(Cc2ccc(C(C)(C)C)cc2)CC[C@H]1C. The van der Waals surface area contributed by atoms with Crippen LogP contribution in [0.3, 0.4) is 0 Å². The second kappa shape index (κ2) is 6.30. The highest BCUT2D eigenvalue weighted by molar-refractivity contribution is 5.27. The molecule has 0 amide bonds. The number of nitrogens with zero attached hydrogens (tertiary/aromatic N) is 1. The Bertz CT molecular complexity index is 412. The van der Waals surface area contributed by atoms with Crippen molar-refractivity contribution in [3.05, 3.63) is 35.4 Å². The molecule has 0 aromatic heterocycles. The Kier molecular flexibility index (Phi) is 4.90. The summed E-state index contributed by atoms with van der Waals surface area (Å²) >= 11 is 0. The second-order valence-electron chi connectivity index (χ2n) is 7.62. The maximum absolute atomic E-state index is 2.64. The van der Waals surface area contributed by atoms with Gasteiger partial charge in [0, 0.05) is 13.1 Å². The summed E-state index contributed by atoms with van der Waals surface area (Å²) in [5.41, 5.74) is 3.15. The fraction of sp³-hybridized carbons (Fsp3) is 0.684. The number of benzene rings is 1. The molecular weight excluding hydrogens is 242 g/mol. The van der Waals surface area contributed by atoms with E-state index >= 15 is 0 Å². The summed E-state index contributed by atoms with van der Waals surface area (Å²) in [6, 6.07) is 9.25. The van der Waals surface area contributed by atoms with E-state index in [0.717, 1.165) is 18.4 Å². The van der Waals surface area contributed by atoms with Gasteiger partial charge in [0.15, 0.2) is 0 Å². The van der Waals surface area contributed by atoms with Crippen molar-refractivity contribution in [2.75, 3.05) is 13.1 Å². The van der Waals surface area contributed by atoms with Gasteiger partial charge in [-0.1, -0.05) is 65.3 Å². The van der Waals surface area contributed by atoms with Crippen LogP contribution in [-0.2, 0) is 12.0 Å². The summed E-state index contributed by atoms with van der Waals surface area (Å²) in [5, 5.41) is 0. The molecule has 1 aliphatic rings. The molecule has 1 heterocycles. The van der Waals surface area contributed by atoms with Crippen molar-refractivity contribution >= 4 is 0 Å². The summed E-state index contributed by atoms with van der Waals surface area (Å²) in [6.45, 7) is 15.2. The van der Waals surface area contributed by atoms with E-state index in [-0.39, 0.29) is 5.41 Å². The molecule has 2 atom stereocenters. The third kappa shape index (κ3) is 3.85. The van der Waals surface area contributed by atoms with Gasteiger partial charge in [0.05, 0.1) is 0 Å². The van der Waals surface area contributed by atoms with Crippen LogP contribution in [0.15, 0.2) is 24.3 Å². The molecule has 0 N–H and O–H groups in total. The zero-order chi connectivity index (χ0) is 14.8. The van der Waals surface area contributed by atoms with Crippen LogP contribution >= 0.6 is 0 Å². The Morgan fingerprint density at radius 1 is 1.15 bits per heavy atom. The van der Waals surface area contributed by atoms with Crippen LogP contribution in [0.5, 0.6) is 0 Å². The van der Waals surface area contributed by atoms with E-state index < -0.39 is 0 Å². The average molecular weight is 273 g/mol. The number of piperidine rings is 1. The number of hydrogen-bond donors (Lipinski definition) is 0. The maximum atomic E-state index is 2.64. The summed E-state index contributed by atoms with van der Waals surface area (Å²) in [7, 11) is 0. The highest BCUT2D eigenvalue weighted by Crippen LogP contribution is 2.27. The Labute approximate surface area is 125 Å². The van der Waals surface area contributed by atoms with Crippen molar-refractivity contribution in [3.63, 3.8) is 0 Å². The van der Waals surface area contributed by atoms with Gasteiger partial charge in [-0.3, -0.25) is 4.90 Å². The standard InChI is InChI=1S/C19H31N/c1-6-17-14-20(12-11-15(17)2)13-16-7-9-18(10-8-16)19(3,4)5/h7-10,15,17H,6,11-14H2,1-5H3/t15-,17+/m1/s1. The smallest absolute Gasteiger partial charge is 0.0233 e. The molecule has 0 unspecified atom stereocenters. The molecule has 0 spiro atoms. The minimum absolute atomic E-state index is 0.256. The highest BCUT2D eigenvalue weighted by Gasteiger charge is 2.24. The first kappa shape index (κ1) is 15.6. The first-order valence-electron chi connectivity index (χ1n) is 8.22. The van der Waals surface area contributed by atoms with Gasteiger partial charge in [0.25, 0.3) is 0 Å². The summed E-state index contributed by atoms with van der Waals surface area (Å²) in [6.07, 6.45) is 2.68. The van der Waals surface area contributed by atoms with Gasteiger partial charge in [-0.2, -0.15) is 0 Å². The maximum Gasteiger partial charge on any atom is 0.0233 e. The van der Waals surface area contributed by atoms with Crippen LogP contribution < -0.4 is 0 Å². The fourth-order valence-corrected chi connectivity index (χ4v) is 3.27. The molecule has 0 radical (unpaired) electrons. The monoisotopic (exact) mass is 273 g/mol. The zero-order valence-electron chi connectivity index (χ0n) is 13.9. The number of rotatable bonds is 3. The van der Waals surface area contributed by atoms with E-state index in [9.17, 15) is 0 Å². The van der Waals surface area contributed by atoms with Crippen LogP contribution in [-0.4, -0.2) is 18.0 Å². The minimum Gasteiger partial charge on any atom is -0.299 e. The first-order chi connectivity index (χ1) is 9.40. The largest absolute Gasteiger partial charge is 0.299 e. The molecule has 112 valence electrons. The Morgan fingerprint density at radius 2 is 1.80 bits per heavy atom. The van der Waals surface area contributed by atoms with Gasteiger partial charge in [0.1, 0.15) is 0 Å². The lowest BCUT2D eigenvalue weighted by Gasteiger charge is -2.36. The average Bonchev–Trinajstić information content (AvgIpc) is 2.40. The third-order valence-corrected chi connectivity index (χ3v) is 4.95. The predicted molar refractivity (Wildman–Crippen MR) is 88.0 cm³/mol. The summed E-state index contributed by atoms with van der Waals surface area (Å²) in [5.74, 6) is 1.79. The van der Waals surface area contributed by atoms with E-state index in [1.807, 2.05) is 0 Å². The third-order valence-electron chi connectivity index (χ3n) is 4.95.